The Bertz CT molecular complexity index is 931. The third-order valence-electron chi connectivity index (χ3n) is 5.09. The fourth-order valence-electron chi connectivity index (χ4n) is 3.44. The highest BCUT2D eigenvalue weighted by Gasteiger charge is 2.17. The highest BCUT2D eigenvalue weighted by atomic mass is 16.2. The number of likely N-dealkylation sites (N-methyl/N-ethyl adjacent to an activating group) is 1. The van der Waals surface area contributed by atoms with Crippen LogP contribution >= 0.6 is 0 Å². The van der Waals surface area contributed by atoms with E-state index >= 15 is 0 Å². The van der Waals surface area contributed by atoms with Crippen LogP contribution in [0.5, 0.6) is 0 Å². The van der Waals surface area contributed by atoms with Crippen LogP contribution in [0, 0.1) is 0 Å². The topological polar surface area (TPSA) is 52.7 Å². The number of nitrogens with zero attached hydrogens (tertiary/aromatic N) is 2. The van der Waals surface area contributed by atoms with Crippen molar-refractivity contribution < 1.29 is 9.59 Å². The second-order valence-corrected chi connectivity index (χ2v) is 7.67. The van der Waals surface area contributed by atoms with Crippen LogP contribution in [-0.4, -0.2) is 42.3 Å². The Morgan fingerprint density at radius 2 is 1.19 bits per heavy atom. The first-order valence-corrected chi connectivity index (χ1v) is 10.4. The molecule has 31 heavy (non-hydrogen) atoms. The van der Waals surface area contributed by atoms with Crippen LogP contribution in [0.15, 0.2) is 84.9 Å². The third kappa shape index (κ3) is 6.79. The summed E-state index contributed by atoms with van der Waals surface area (Å²) in [4.78, 5) is 28.8. The van der Waals surface area contributed by atoms with Crippen molar-refractivity contribution in [1.82, 2.24) is 15.1 Å². The monoisotopic (exact) mass is 415 g/mol. The van der Waals surface area contributed by atoms with Crippen LogP contribution in [-0.2, 0) is 24.4 Å². The lowest BCUT2D eigenvalue weighted by atomic mass is 10.1. The van der Waals surface area contributed by atoms with Gasteiger partial charge in [-0.1, -0.05) is 72.8 Å². The zero-order valence-electron chi connectivity index (χ0n) is 18.1. The standard InChI is InChI=1S/C26H29N3O2/c1-27-26(31)24-15-13-23(14-16-24)17-28(2)20-25(30)29(18-21-9-5-3-6-10-21)19-22-11-7-4-8-12-22/h3-16H,17-20H2,1-2H3,(H,27,31). The van der Waals surface area contributed by atoms with Gasteiger partial charge in [-0.15, -0.1) is 0 Å². The number of hydrogen-bond donors (Lipinski definition) is 1. The van der Waals surface area contributed by atoms with E-state index in [-0.39, 0.29) is 11.8 Å². The molecule has 2 amide bonds. The quantitative estimate of drug-likeness (QED) is 0.580. The lowest BCUT2D eigenvalue weighted by Gasteiger charge is -2.26. The molecular formula is C26H29N3O2. The number of hydrogen-bond acceptors (Lipinski definition) is 3. The molecule has 0 atom stereocenters. The van der Waals surface area contributed by atoms with Gasteiger partial charge in [0.05, 0.1) is 6.54 Å². The maximum Gasteiger partial charge on any atom is 0.251 e. The maximum atomic E-state index is 13.2. The SMILES string of the molecule is CNC(=O)c1ccc(CN(C)CC(=O)N(Cc2ccccc2)Cc2ccccc2)cc1. The Hall–Kier alpha value is -3.44. The molecule has 0 aliphatic carbocycles. The first kappa shape index (κ1) is 22.2. The first-order chi connectivity index (χ1) is 15.0. The second-order valence-electron chi connectivity index (χ2n) is 7.67. The average molecular weight is 416 g/mol. The van der Waals surface area contributed by atoms with Crippen molar-refractivity contribution in [3.63, 3.8) is 0 Å². The predicted octanol–water partition coefficient (Wildman–Crippen LogP) is 3.71. The minimum Gasteiger partial charge on any atom is -0.355 e. The second kappa shape index (κ2) is 11.1. The molecule has 0 aliphatic rings. The summed E-state index contributed by atoms with van der Waals surface area (Å²) in [5, 5.41) is 2.62. The minimum absolute atomic E-state index is 0.0807. The Balaban J connectivity index is 1.64. The van der Waals surface area contributed by atoms with Crippen LogP contribution in [0.1, 0.15) is 27.0 Å². The molecule has 0 aliphatic heterocycles. The van der Waals surface area contributed by atoms with Crippen LogP contribution in [0.3, 0.4) is 0 Å². The van der Waals surface area contributed by atoms with E-state index in [4.69, 9.17) is 0 Å². The number of carbonyl (C=O) groups excluding carboxylic acids is 2. The smallest absolute Gasteiger partial charge is 0.251 e. The molecule has 0 saturated carbocycles. The maximum absolute atomic E-state index is 13.2. The molecule has 5 nitrogen and oxygen atoms in total. The van der Waals surface area contributed by atoms with Gasteiger partial charge < -0.3 is 10.2 Å². The number of nitrogens with one attached hydrogen (secondary N) is 1. The summed E-state index contributed by atoms with van der Waals surface area (Å²) in [5.74, 6) is -0.0234. The summed E-state index contributed by atoms with van der Waals surface area (Å²) in [5.41, 5.74) is 3.90. The van der Waals surface area contributed by atoms with Gasteiger partial charge in [-0.05, 0) is 35.9 Å². The van der Waals surface area contributed by atoms with Crippen molar-refractivity contribution in [2.45, 2.75) is 19.6 Å². The van der Waals surface area contributed by atoms with Gasteiger partial charge in [0.15, 0.2) is 0 Å². The summed E-state index contributed by atoms with van der Waals surface area (Å²) in [6.45, 7) is 2.09. The van der Waals surface area contributed by atoms with Crippen LogP contribution < -0.4 is 5.32 Å². The van der Waals surface area contributed by atoms with Crippen molar-refractivity contribution in [3.05, 3.63) is 107 Å². The van der Waals surface area contributed by atoms with E-state index in [9.17, 15) is 9.59 Å². The Morgan fingerprint density at radius 3 is 1.68 bits per heavy atom. The van der Waals surface area contributed by atoms with Gasteiger partial charge in [-0.3, -0.25) is 14.5 Å². The molecule has 0 heterocycles. The molecule has 0 radical (unpaired) electrons. The fourth-order valence-corrected chi connectivity index (χ4v) is 3.44. The molecule has 1 N–H and O–H groups in total. The zero-order chi connectivity index (χ0) is 22.1. The molecule has 0 bridgehead atoms. The van der Waals surface area contributed by atoms with Crippen molar-refractivity contribution >= 4 is 11.8 Å². The normalized spacial score (nSPS) is 10.7. The zero-order valence-corrected chi connectivity index (χ0v) is 18.1. The summed E-state index contributed by atoms with van der Waals surface area (Å²) in [7, 11) is 3.56. The van der Waals surface area contributed by atoms with Crippen molar-refractivity contribution in [2.24, 2.45) is 0 Å². The molecule has 160 valence electrons. The van der Waals surface area contributed by atoms with Crippen molar-refractivity contribution in [3.8, 4) is 0 Å². The lowest BCUT2D eigenvalue weighted by Crippen LogP contribution is -2.38. The molecular weight excluding hydrogens is 386 g/mol. The lowest BCUT2D eigenvalue weighted by molar-refractivity contribution is -0.133. The predicted molar refractivity (Wildman–Crippen MR) is 123 cm³/mol. The highest BCUT2D eigenvalue weighted by Crippen LogP contribution is 2.12. The van der Waals surface area contributed by atoms with Gasteiger partial charge in [0, 0.05) is 32.2 Å². The molecule has 0 unspecified atom stereocenters. The van der Waals surface area contributed by atoms with Gasteiger partial charge in [0.1, 0.15) is 0 Å². The van der Waals surface area contributed by atoms with Crippen LogP contribution in [0.25, 0.3) is 0 Å². The molecule has 0 fully saturated rings. The molecule has 3 rings (SSSR count). The molecule has 3 aromatic carbocycles. The van der Waals surface area contributed by atoms with E-state index in [1.54, 1.807) is 19.2 Å². The third-order valence-corrected chi connectivity index (χ3v) is 5.09. The summed E-state index contributed by atoms with van der Waals surface area (Å²) in [6.07, 6.45) is 0. The molecule has 0 saturated heterocycles. The van der Waals surface area contributed by atoms with Gasteiger partial charge in [-0.25, -0.2) is 0 Å². The van der Waals surface area contributed by atoms with Crippen LogP contribution in [0.4, 0.5) is 0 Å². The number of carbonyl (C=O) groups is 2. The van der Waals surface area contributed by atoms with E-state index in [1.807, 2.05) is 89.6 Å². The largest absolute Gasteiger partial charge is 0.355 e. The van der Waals surface area contributed by atoms with E-state index in [1.165, 1.54) is 0 Å². The van der Waals surface area contributed by atoms with Gasteiger partial charge in [-0.2, -0.15) is 0 Å². The summed E-state index contributed by atoms with van der Waals surface area (Å²) >= 11 is 0. The summed E-state index contributed by atoms with van der Waals surface area (Å²) < 4.78 is 0. The Kier molecular flexibility index (Phi) is 7.96. The number of amides is 2. The van der Waals surface area contributed by atoms with Crippen molar-refractivity contribution in [2.75, 3.05) is 20.6 Å². The Labute approximate surface area is 184 Å². The van der Waals surface area contributed by atoms with Gasteiger partial charge in [0.25, 0.3) is 5.91 Å². The molecule has 3 aromatic rings. The van der Waals surface area contributed by atoms with Gasteiger partial charge in [0.2, 0.25) is 5.91 Å². The highest BCUT2D eigenvalue weighted by molar-refractivity contribution is 5.93. The van der Waals surface area contributed by atoms with Crippen molar-refractivity contribution in [1.29, 1.82) is 0 Å². The first-order valence-electron chi connectivity index (χ1n) is 10.4. The van der Waals surface area contributed by atoms with Gasteiger partial charge >= 0.3 is 0 Å². The average Bonchev–Trinajstić information content (AvgIpc) is 2.80. The van der Waals surface area contributed by atoms with E-state index in [2.05, 4.69) is 5.32 Å². The number of benzene rings is 3. The van der Waals surface area contributed by atoms with E-state index in [0.717, 1.165) is 16.7 Å². The molecule has 0 aromatic heterocycles. The molecule has 0 spiro atoms. The molecule has 5 heteroatoms. The number of rotatable bonds is 9. The van der Waals surface area contributed by atoms with E-state index < -0.39 is 0 Å². The van der Waals surface area contributed by atoms with E-state index in [0.29, 0.717) is 31.7 Å². The van der Waals surface area contributed by atoms with Crippen LogP contribution in [0.2, 0.25) is 0 Å². The Morgan fingerprint density at radius 1 is 0.710 bits per heavy atom. The minimum atomic E-state index is -0.104. The fraction of sp³-hybridized carbons (Fsp3) is 0.231. The summed E-state index contributed by atoms with van der Waals surface area (Å²) in [6, 6.07) is 27.6.